The van der Waals surface area contributed by atoms with Crippen molar-refractivity contribution in [1.82, 2.24) is 9.80 Å². The van der Waals surface area contributed by atoms with Gasteiger partial charge in [0, 0.05) is 19.1 Å². The molecule has 3 saturated heterocycles. The second kappa shape index (κ2) is 9.58. The number of hydrogen-bond donors (Lipinski definition) is 1. The molecule has 0 aromatic rings. The molecular formula is C25H38N2O6. The fourth-order valence-corrected chi connectivity index (χ4v) is 6.31. The van der Waals surface area contributed by atoms with Crippen molar-refractivity contribution in [1.29, 1.82) is 0 Å². The van der Waals surface area contributed by atoms with Gasteiger partial charge in [0.2, 0.25) is 11.8 Å². The second-order valence-electron chi connectivity index (χ2n) is 9.79. The molecule has 3 rings (SSSR count). The van der Waals surface area contributed by atoms with Crippen LogP contribution in [-0.2, 0) is 23.9 Å². The molecule has 2 amide bonds. The van der Waals surface area contributed by atoms with Crippen molar-refractivity contribution in [3.63, 3.8) is 0 Å². The minimum absolute atomic E-state index is 0.000455. The summed E-state index contributed by atoms with van der Waals surface area (Å²) in [5.74, 6) is -2.79. The second-order valence-corrected chi connectivity index (χ2v) is 9.79. The van der Waals surface area contributed by atoms with Gasteiger partial charge < -0.3 is 24.4 Å². The average molecular weight is 463 g/mol. The van der Waals surface area contributed by atoms with Crippen LogP contribution in [0.15, 0.2) is 25.3 Å². The first kappa shape index (κ1) is 25.4. The number of amides is 2. The summed E-state index contributed by atoms with van der Waals surface area (Å²) in [6, 6.07) is -0.968. The summed E-state index contributed by atoms with van der Waals surface area (Å²) in [6.07, 6.45) is 5.35. The Bertz CT molecular complexity index is 815. The quantitative estimate of drug-likeness (QED) is 0.372. The Morgan fingerprint density at radius 1 is 1.39 bits per heavy atom. The van der Waals surface area contributed by atoms with Gasteiger partial charge in [0.1, 0.15) is 24.2 Å². The third-order valence-corrected chi connectivity index (χ3v) is 7.83. The first-order valence-corrected chi connectivity index (χ1v) is 11.9. The third-order valence-electron chi connectivity index (χ3n) is 7.83. The molecule has 33 heavy (non-hydrogen) atoms. The van der Waals surface area contributed by atoms with Gasteiger partial charge in [-0.15, -0.1) is 6.58 Å². The third kappa shape index (κ3) is 3.81. The van der Waals surface area contributed by atoms with E-state index >= 15 is 0 Å². The largest absolute Gasteiger partial charge is 0.461 e. The van der Waals surface area contributed by atoms with E-state index in [2.05, 4.69) is 20.1 Å². The first-order valence-electron chi connectivity index (χ1n) is 11.9. The average Bonchev–Trinajstić information content (AvgIpc) is 3.27. The summed E-state index contributed by atoms with van der Waals surface area (Å²) < 4.78 is 12.0. The molecule has 3 heterocycles. The zero-order chi connectivity index (χ0) is 24.6. The molecule has 7 atom stereocenters. The summed E-state index contributed by atoms with van der Waals surface area (Å²) in [6.45, 7) is 15.4. The molecular weight excluding hydrogens is 424 g/mol. The molecule has 8 nitrogen and oxygen atoms in total. The van der Waals surface area contributed by atoms with Crippen LogP contribution in [0.5, 0.6) is 0 Å². The number of aliphatic hydroxyl groups excluding tert-OH is 1. The topological polar surface area (TPSA) is 96.4 Å². The molecule has 0 aliphatic carbocycles. The molecule has 8 heteroatoms. The highest BCUT2D eigenvalue weighted by molar-refractivity contribution is 5.98. The zero-order valence-electron chi connectivity index (χ0n) is 20.3. The molecule has 0 aromatic heterocycles. The summed E-state index contributed by atoms with van der Waals surface area (Å²) >= 11 is 0. The molecule has 0 radical (unpaired) electrons. The zero-order valence-corrected chi connectivity index (χ0v) is 20.3. The van der Waals surface area contributed by atoms with Crippen LogP contribution in [0.2, 0.25) is 0 Å². The number of β-amino-alcohol motifs (C(OH)–C–C–N with tert-alkyl or cyclic N) is 1. The summed E-state index contributed by atoms with van der Waals surface area (Å²) in [5, 5.41) is 9.73. The number of fused-ring (bicyclic) bond motifs is 1. The standard InChI is InChI=1S/C25H38N2O6/c1-7-10-17(5)26(11-8-2)22(30)20-25-15-16(4)24(6,33-25)19(23(31)32-14-9-3)18(25)21(29)27(20)12-13-28/h8-9,16-20,28H,2-3,7,10-15H2,1,4-6H3/t16?,17?,18-,19-,20?,24+,25?/m0/s1. The van der Waals surface area contributed by atoms with E-state index in [0.29, 0.717) is 13.0 Å². The fraction of sp³-hybridized carbons (Fsp3) is 0.720. The van der Waals surface area contributed by atoms with Crippen LogP contribution < -0.4 is 0 Å². The van der Waals surface area contributed by atoms with E-state index in [9.17, 15) is 19.5 Å². The fourth-order valence-electron chi connectivity index (χ4n) is 6.31. The highest BCUT2D eigenvalue weighted by Crippen LogP contribution is 2.65. The van der Waals surface area contributed by atoms with Gasteiger partial charge in [0.25, 0.3) is 0 Å². The number of likely N-dealkylation sites (tertiary alicyclic amines) is 1. The van der Waals surface area contributed by atoms with Crippen molar-refractivity contribution in [3.8, 4) is 0 Å². The maximum atomic E-state index is 14.1. The van der Waals surface area contributed by atoms with Gasteiger partial charge in [0.15, 0.2) is 0 Å². The number of aliphatic hydroxyl groups is 1. The van der Waals surface area contributed by atoms with E-state index in [1.54, 1.807) is 11.0 Å². The van der Waals surface area contributed by atoms with Gasteiger partial charge in [-0.05, 0) is 32.6 Å². The van der Waals surface area contributed by atoms with E-state index in [0.717, 1.165) is 12.8 Å². The van der Waals surface area contributed by atoms with Crippen molar-refractivity contribution in [2.45, 2.75) is 70.2 Å². The Balaban J connectivity index is 2.08. The molecule has 1 spiro atoms. The highest BCUT2D eigenvalue weighted by Gasteiger charge is 2.80. The van der Waals surface area contributed by atoms with E-state index in [-0.39, 0.29) is 43.5 Å². The summed E-state index contributed by atoms with van der Waals surface area (Å²) in [5.41, 5.74) is -2.05. The first-order chi connectivity index (χ1) is 15.6. The highest BCUT2D eigenvalue weighted by atomic mass is 16.6. The van der Waals surface area contributed by atoms with Crippen LogP contribution in [0.3, 0.4) is 0 Å². The van der Waals surface area contributed by atoms with E-state index in [1.165, 1.54) is 11.0 Å². The van der Waals surface area contributed by atoms with Crippen molar-refractivity contribution in [3.05, 3.63) is 25.3 Å². The predicted molar refractivity (Wildman–Crippen MR) is 123 cm³/mol. The summed E-state index contributed by atoms with van der Waals surface area (Å²) in [4.78, 5) is 44.1. The number of hydrogen-bond acceptors (Lipinski definition) is 6. The van der Waals surface area contributed by atoms with Crippen LogP contribution in [-0.4, -0.2) is 82.3 Å². The van der Waals surface area contributed by atoms with Gasteiger partial charge in [0.05, 0.1) is 18.1 Å². The Morgan fingerprint density at radius 2 is 2.09 bits per heavy atom. The summed E-state index contributed by atoms with van der Waals surface area (Å²) in [7, 11) is 0. The molecule has 3 aliphatic rings. The lowest BCUT2D eigenvalue weighted by atomic mass is 9.62. The van der Waals surface area contributed by atoms with E-state index in [4.69, 9.17) is 9.47 Å². The van der Waals surface area contributed by atoms with Gasteiger partial charge in [-0.1, -0.05) is 39.0 Å². The lowest BCUT2D eigenvalue weighted by molar-refractivity contribution is -0.161. The monoisotopic (exact) mass is 462 g/mol. The minimum atomic E-state index is -1.14. The van der Waals surface area contributed by atoms with Crippen LogP contribution in [0.4, 0.5) is 0 Å². The van der Waals surface area contributed by atoms with Crippen LogP contribution in [0.1, 0.15) is 47.0 Å². The minimum Gasteiger partial charge on any atom is -0.461 e. The van der Waals surface area contributed by atoms with Crippen LogP contribution >= 0.6 is 0 Å². The predicted octanol–water partition coefficient (Wildman–Crippen LogP) is 1.92. The molecule has 0 saturated carbocycles. The van der Waals surface area contributed by atoms with Crippen molar-refractivity contribution < 1.29 is 29.0 Å². The number of ether oxygens (including phenoxy) is 2. The molecule has 1 N–H and O–H groups in total. The number of carbonyl (C=O) groups is 3. The molecule has 3 aliphatic heterocycles. The van der Waals surface area contributed by atoms with Gasteiger partial charge in [-0.3, -0.25) is 14.4 Å². The number of rotatable bonds is 11. The Hall–Kier alpha value is -2.19. The molecule has 2 bridgehead atoms. The van der Waals surface area contributed by atoms with Crippen LogP contribution in [0, 0.1) is 17.8 Å². The Kier molecular flexibility index (Phi) is 7.39. The molecule has 4 unspecified atom stereocenters. The lowest BCUT2D eigenvalue weighted by Crippen LogP contribution is -2.58. The van der Waals surface area contributed by atoms with Crippen molar-refractivity contribution in [2.24, 2.45) is 17.8 Å². The van der Waals surface area contributed by atoms with E-state index < -0.39 is 35.0 Å². The normalized spacial score (nSPS) is 35.3. The van der Waals surface area contributed by atoms with Crippen molar-refractivity contribution >= 4 is 17.8 Å². The number of nitrogens with zero attached hydrogens (tertiary/aromatic N) is 2. The lowest BCUT2D eigenvalue weighted by Gasteiger charge is -2.39. The Morgan fingerprint density at radius 3 is 2.67 bits per heavy atom. The maximum Gasteiger partial charge on any atom is 0.313 e. The van der Waals surface area contributed by atoms with Gasteiger partial charge in [-0.2, -0.15) is 0 Å². The number of carbonyl (C=O) groups excluding carboxylic acids is 3. The number of esters is 1. The van der Waals surface area contributed by atoms with E-state index in [1.807, 2.05) is 20.8 Å². The molecule has 3 fully saturated rings. The SMILES string of the molecule is C=CCOC(=O)[C@@H]1[C@H]2C(=O)N(CCO)C(C(=O)N(CC=C)C(C)CCC)C23CC(C)[C@@]1(C)O3. The molecule has 0 aromatic carbocycles. The van der Waals surface area contributed by atoms with Crippen LogP contribution in [0.25, 0.3) is 0 Å². The smallest absolute Gasteiger partial charge is 0.313 e. The molecule has 184 valence electrons. The van der Waals surface area contributed by atoms with Crippen molar-refractivity contribution in [2.75, 3.05) is 26.3 Å². The Labute approximate surface area is 196 Å². The van der Waals surface area contributed by atoms with Gasteiger partial charge in [-0.25, -0.2) is 0 Å². The maximum absolute atomic E-state index is 14.1. The van der Waals surface area contributed by atoms with Gasteiger partial charge >= 0.3 is 5.97 Å².